The Morgan fingerprint density at radius 3 is 2.81 bits per heavy atom. The first-order chi connectivity index (χ1) is 12.8. The number of amides is 1. The lowest BCUT2D eigenvalue weighted by Gasteiger charge is -2.20. The quantitative estimate of drug-likeness (QED) is 0.504. The SMILES string of the molecule is C=CCN(Cc1cccs1)C(=O)CCCc1ncc(-c2ccccc2)o1. The van der Waals surface area contributed by atoms with Crippen LogP contribution in [-0.4, -0.2) is 22.3 Å². The highest BCUT2D eigenvalue weighted by molar-refractivity contribution is 7.09. The number of benzene rings is 1. The predicted octanol–water partition coefficient (Wildman–Crippen LogP) is 4.94. The minimum atomic E-state index is 0.133. The molecule has 5 heteroatoms. The van der Waals surface area contributed by atoms with Gasteiger partial charge in [-0.2, -0.15) is 0 Å². The summed E-state index contributed by atoms with van der Waals surface area (Å²) in [5.74, 6) is 1.57. The summed E-state index contributed by atoms with van der Waals surface area (Å²) in [6, 6.07) is 13.9. The van der Waals surface area contributed by atoms with Crippen LogP contribution in [-0.2, 0) is 17.8 Å². The lowest BCUT2D eigenvalue weighted by molar-refractivity contribution is -0.131. The third kappa shape index (κ3) is 4.92. The zero-order valence-electron chi connectivity index (χ0n) is 14.6. The van der Waals surface area contributed by atoms with Crippen LogP contribution in [0.15, 0.2) is 71.1 Å². The fraction of sp³-hybridized carbons (Fsp3) is 0.238. The highest BCUT2D eigenvalue weighted by atomic mass is 32.1. The van der Waals surface area contributed by atoms with Gasteiger partial charge in [0.05, 0.1) is 12.7 Å². The molecule has 0 unspecified atom stereocenters. The molecule has 0 fully saturated rings. The van der Waals surface area contributed by atoms with Crippen LogP contribution in [0.4, 0.5) is 0 Å². The summed E-state index contributed by atoms with van der Waals surface area (Å²) < 4.78 is 5.79. The Labute approximate surface area is 157 Å². The fourth-order valence-electron chi connectivity index (χ4n) is 2.71. The third-order valence-electron chi connectivity index (χ3n) is 4.02. The average Bonchev–Trinajstić information content (AvgIpc) is 3.34. The molecule has 134 valence electrons. The molecule has 26 heavy (non-hydrogen) atoms. The van der Waals surface area contributed by atoms with Gasteiger partial charge in [-0.3, -0.25) is 4.79 Å². The number of thiophene rings is 1. The van der Waals surface area contributed by atoms with Gasteiger partial charge >= 0.3 is 0 Å². The number of hydrogen-bond donors (Lipinski definition) is 0. The molecule has 3 aromatic rings. The molecule has 0 bridgehead atoms. The minimum absolute atomic E-state index is 0.133. The van der Waals surface area contributed by atoms with Crippen LogP contribution < -0.4 is 0 Å². The first-order valence-corrected chi connectivity index (χ1v) is 9.55. The van der Waals surface area contributed by atoms with Crippen molar-refractivity contribution in [3.05, 3.63) is 77.5 Å². The molecule has 0 aliphatic rings. The molecule has 1 amide bonds. The Bertz CT molecular complexity index is 825. The number of carbonyl (C=O) groups is 1. The predicted molar refractivity (Wildman–Crippen MR) is 105 cm³/mol. The Balaban J connectivity index is 1.51. The summed E-state index contributed by atoms with van der Waals surface area (Å²) in [6.07, 6.45) is 5.35. The smallest absolute Gasteiger partial charge is 0.223 e. The first-order valence-electron chi connectivity index (χ1n) is 8.67. The van der Waals surface area contributed by atoms with Gasteiger partial charge < -0.3 is 9.32 Å². The van der Waals surface area contributed by atoms with Crippen LogP contribution in [0, 0.1) is 0 Å². The highest BCUT2D eigenvalue weighted by Crippen LogP contribution is 2.20. The van der Waals surface area contributed by atoms with E-state index < -0.39 is 0 Å². The topological polar surface area (TPSA) is 46.3 Å². The van der Waals surface area contributed by atoms with Gasteiger partial charge in [0.1, 0.15) is 0 Å². The van der Waals surface area contributed by atoms with Gasteiger partial charge in [0.15, 0.2) is 11.7 Å². The standard InChI is InChI=1S/C21H22N2O2S/c1-2-13-23(16-18-10-7-14-26-18)21(24)12-6-11-20-22-15-19(25-20)17-8-4-3-5-9-17/h2-5,7-10,14-15H,1,6,11-13,16H2. The number of oxazole rings is 1. The van der Waals surface area contributed by atoms with Crippen LogP contribution >= 0.6 is 11.3 Å². The van der Waals surface area contributed by atoms with Crippen molar-refractivity contribution < 1.29 is 9.21 Å². The van der Waals surface area contributed by atoms with E-state index in [0.717, 1.165) is 11.3 Å². The molecule has 0 saturated heterocycles. The number of rotatable bonds is 9. The maximum absolute atomic E-state index is 12.5. The van der Waals surface area contributed by atoms with Crippen molar-refractivity contribution in [2.24, 2.45) is 0 Å². The molecule has 3 rings (SSSR count). The van der Waals surface area contributed by atoms with Crippen LogP contribution in [0.2, 0.25) is 0 Å². The molecule has 0 spiro atoms. The lowest BCUT2D eigenvalue weighted by atomic mass is 10.2. The van der Waals surface area contributed by atoms with Gasteiger partial charge in [0, 0.05) is 29.8 Å². The Morgan fingerprint density at radius 1 is 1.23 bits per heavy atom. The number of carbonyl (C=O) groups excluding carboxylic acids is 1. The van der Waals surface area contributed by atoms with Crippen LogP contribution in [0.25, 0.3) is 11.3 Å². The van der Waals surface area contributed by atoms with E-state index in [4.69, 9.17) is 4.42 Å². The Kier molecular flexibility index (Phi) is 6.39. The summed E-state index contributed by atoms with van der Waals surface area (Å²) in [4.78, 5) is 19.9. The van der Waals surface area contributed by atoms with Crippen LogP contribution in [0.3, 0.4) is 0 Å². The molecule has 2 heterocycles. The molecule has 2 aromatic heterocycles. The van der Waals surface area contributed by atoms with Crippen molar-refractivity contribution in [2.75, 3.05) is 6.54 Å². The third-order valence-corrected chi connectivity index (χ3v) is 4.88. The second-order valence-electron chi connectivity index (χ2n) is 5.98. The van der Waals surface area contributed by atoms with E-state index in [1.807, 2.05) is 52.7 Å². The number of hydrogen-bond acceptors (Lipinski definition) is 4. The number of nitrogens with zero attached hydrogens (tertiary/aromatic N) is 2. The Morgan fingerprint density at radius 2 is 2.08 bits per heavy atom. The van der Waals surface area contributed by atoms with Gasteiger partial charge in [-0.25, -0.2) is 4.98 Å². The van der Waals surface area contributed by atoms with E-state index in [9.17, 15) is 4.79 Å². The van der Waals surface area contributed by atoms with Crippen molar-refractivity contribution in [2.45, 2.75) is 25.8 Å². The van der Waals surface area contributed by atoms with E-state index in [1.54, 1.807) is 23.6 Å². The minimum Gasteiger partial charge on any atom is -0.441 e. The van der Waals surface area contributed by atoms with Crippen molar-refractivity contribution >= 4 is 17.2 Å². The van der Waals surface area contributed by atoms with Crippen molar-refractivity contribution in [3.63, 3.8) is 0 Å². The van der Waals surface area contributed by atoms with E-state index in [0.29, 0.717) is 38.2 Å². The summed E-state index contributed by atoms with van der Waals surface area (Å²) in [6.45, 7) is 4.96. The van der Waals surface area contributed by atoms with Gasteiger partial charge in [-0.05, 0) is 17.9 Å². The lowest BCUT2D eigenvalue weighted by Crippen LogP contribution is -2.30. The molecule has 0 saturated carbocycles. The molecular formula is C21H22N2O2S. The highest BCUT2D eigenvalue weighted by Gasteiger charge is 2.14. The fourth-order valence-corrected chi connectivity index (χ4v) is 3.43. The molecule has 0 atom stereocenters. The van der Waals surface area contributed by atoms with Gasteiger partial charge in [-0.1, -0.05) is 42.5 Å². The van der Waals surface area contributed by atoms with Gasteiger partial charge in [0.25, 0.3) is 0 Å². The van der Waals surface area contributed by atoms with E-state index >= 15 is 0 Å². The van der Waals surface area contributed by atoms with E-state index in [-0.39, 0.29) is 5.91 Å². The maximum atomic E-state index is 12.5. The van der Waals surface area contributed by atoms with Gasteiger partial charge in [-0.15, -0.1) is 17.9 Å². The number of aryl methyl sites for hydroxylation is 1. The van der Waals surface area contributed by atoms with Gasteiger partial charge in [0.2, 0.25) is 5.91 Å². The van der Waals surface area contributed by atoms with Crippen molar-refractivity contribution in [3.8, 4) is 11.3 Å². The van der Waals surface area contributed by atoms with Crippen molar-refractivity contribution in [1.29, 1.82) is 0 Å². The maximum Gasteiger partial charge on any atom is 0.223 e. The summed E-state index contributed by atoms with van der Waals surface area (Å²) in [7, 11) is 0. The second kappa shape index (κ2) is 9.15. The van der Waals surface area contributed by atoms with Crippen LogP contribution in [0.1, 0.15) is 23.6 Å². The Hall–Kier alpha value is -2.66. The molecule has 1 aromatic carbocycles. The summed E-state index contributed by atoms with van der Waals surface area (Å²) in [5, 5.41) is 2.03. The largest absolute Gasteiger partial charge is 0.441 e. The molecule has 4 nitrogen and oxygen atoms in total. The number of aromatic nitrogens is 1. The molecule has 0 N–H and O–H groups in total. The molecule has 0 radical (unpaired) electrons. The zero-order chi connectivity index (χ0) is 18.2. The first kappa shape index (κ1) is 18.1. The second-order valence-corrected chi connectivity index (χ2v) is 7.01. The summed E-state index contributed by atoms with van der Waals surface area (Å²) >= 11 is 1.66. The van der Waals surface area contributed by atoms with Crippen LogP contribution in [0.5, 0.6) is 0 Å². The zero-order valence-corrected chi connectivity index (χ0v) is 15.5. The molecule has 0 aliphatic heterocycles. The monoisotopic (exact) mass is 366 g/mol. The normalized spacial score (nSPS) is 10.6. The summed E-state index contributed by atoms with van der Waals surface area (Å²) in [5.41, 5.74) is 1.01. The van der Waals surface area contributed by atoms with E-state index in [1.165, 1.54) is 4.88 Å². The molecular weight excluding hydrogens is 344 g/mol. The van der Waals surface area contributed by atoms with E-state index in [2.05, 4.69) is 11.6 Å². The average molecular weight is 366 g/mol. The van der Waals surface area contributed by atoms with Crippen molar-refractivity contribution in [1.82, 2.24) is 9.88 Å². The molecule has 0 aliphatic carbocycles.